The van der Waals surface area contributed by atoms with Crippen LogP contribution in [0, 0.1) is 0 Å². The molecule has 0 saturated heterocycles. The zero-order valence-corrected chi connectivity index (χ0v) is 18.7. The number of para-hydroxylation sites is 1. The SMILES string of the molecule is CCOc1ccc(N(CC(=O)Nc2ccccc2Br)S(=O)(=O)c2ccccc2)cc1. The predicted octanol–water partition coefficient (Wildman–Crippen LogP) is 4.68. The second kappa shape index (κ2) is 9.77. The lowest BCUT2D eigenvalue weighted by Gasteiger charge is -2.24. The molecule has 3 aromatic rings. The summed E-state index contributed by atoms with van der Waals surface area (Å²) in [6, 6.07) is 21.8. The van der Waals surface area contributed by atoms with Crippen molar-refractivity contribution in [1.82, 2.24) is 0 Å². The van der Waals surface area contributed by atoms with Crippen molar-refractivity contribution in [2.75, 3.05) is 22.8 Å². The summed E-state index contributed by atoms with van der Waals surface area (Å²) < 4.78 is 33.8. The van der Waals surface area contributed by atoms with Crippen LogP contribution in [0.15, 0.2) is 88.2 Å². The first-order valence-electron chi connectivity index (χ1n) is 9.27. The zero-order chi connectivity index (χ0) is 21.6. The molecule has 0 aromatic heterocycles. The molecule has 3 rings (SSSR count). The number of carbonyl (C=O) groups is 1. The number of anilines is 2. The van der Waals surface area contributed by atoms with Gasteiger partial charge in [0.2, 0.25) is 5.91 Å². The highest BCUT2D eigenvalue weighted by Gasteiger charge is 2.27. The number of nitrogens with zero attached hydrogens (tertiary/aromatic N) is 1. The number of nitrogens with one attached hydrogen (secondary N) is 1. The van der Waals surface area contributed by atoms with Gasteiger partial charge in [0.05, 0.1) is 22.9 Å². The summed E-state index contributed by atoms with van der Waals surface area (Å²) in [5.41, 5.74) is 0.927. The van der Waals surface area contributed by atoms with Crippen molar-refractivity contribution in [3.05, 3.63) is 83.3 Å². The van der Waals surface area contributed by atoms with Gasteiger partial charge in [0.15, 0.2) is 0 Å². The van der Waals surface area contributed by atoms with E-state index in [1.54, 1.807) is 60.7 Å². The second-order valence-corrected chi connectivity index (χ2v) is 9.00. The normalized spacial score (nSPS) is 11.0. The van der Waals surface area contributed by atoms with Crippen LogP contribution in [0.4, 0.5) is 11.4 Å². The van der Waals surface area contributed by atoms with E-state index in [9.17, 15) is 13.2 Å². The summed E-state index contributed by atoms with van der Waals surface area (Å²) >= 11 is 3.37. The Morgan fingerprint density at radius 2 is 1.60 bits per heavy atom. The monoisotopic (exact) mass is 488 g/mol. The fourth-order valence-corrected chi connectivity index (χ4v) is 4.62. The van der Waals surface area contributed by atoms with E-state index in [1.165, 1.54) is 12.1 Å². The smallest absolute Gasteiger partial charge is 0.264 e. The molecule has 0 saturated carbocycles. The molecule has 30 heavy (non-hydrogen) atoms. The summed E-state index contributed by atoms with van der Waals surface area (Å²) in [5.74, 6) is 0.159. The number of hydrogen-bond donors (Lipinski definition) is 1. The highest BCUT2D eigenvalue weighted by Crippen LogP contribution is 2.26. The van der Waals surface area contributed by atoms with E-state index >= 15 is 0 Å². The molecule has 0 heterocycles. The molecular weight excluding hydrogens is 468 g/mol. The topological polar surface area (TPSA) is 75.7 Å². The standard InChI is InChI=1S/C22H21BrN2O4S/c1-2-29-18-14-12-17(13-15-18)25(30(27,28)19-8-4-3-5-9-19)16-22(26)24-21-11-7-6-10-20(21)23/h3-15H,2,16H2,1H3,(H,24,26). The largest absolute Gasteiger partial charge is 0.494 e. The minimum Gasteiger partial charge on any atom is -0.494 e. The van der Waals surface area contributed by atoms with Gasteiger partial charge in [-0.1, -0.05) is 30.3 Å². The minimum absolute atomic E-state index is 0.104. The maximum atomic E-state index is 13.3. The first-order chi connectivity index (χ1) is 14.4. The summed E-state index contributed by atoms with van der Waals surface area (Å²) in [6.07, 6.45) is 0. The molecule has 0 spiro atoms. The number of amides is 1. The first kappa shape index (κ1) is 21.9. The highest BCUT2D eigenvalue weighted by molar-refractivity contribution is 9.10. The molecule has 8 heteroatoms. The van der Waals surface area contributed by atoms with Crippen LogP contribution < -0.4 is 14.4 Å². The van der Waals surface area contributed by atoms with Gasteiger partial charge in [-0.3, -0.25) is 9.10 Å². The summed E-state index contributed by atoms with van der Waals surface area (Å²) in [7, 11) is -3.96. The molecule has 1 N–H and O–H groups in total. The maximum Gasteiger partial charge on any atom is 0.264 e. The van der Waals surface area contributed by atoms with E-state index in [1.807, 2.05) is 13.0 Å². The Morgan fingerprint density at radius 1 is 0.967 bits per heavy atom. The molecule has 0 aliphatic heterocycles. The average molecular weight is 489 g/mol. The Kier molecular flexibility index (Phi) is 7.12. The highest BCUT2D eigenvalue weighted by atomic mass is 79.9. The quantitative estimate of drug-likeness (QED) is 0.499. The number of carbonyl (C=O) groups excluding carboxylic acids is 1. The summed E-state index contributed by atoms with van der Waals surface area (Å²) in [6.45, 7) is 1.98. The number of halogens is 1. The van der Waals surface area contributed by atoms with Crippen molar-refractivity contribution in [1.29, 1.82) is 0 Å². The number of benzene rings is 3. The van der Waals surface area contributed by atoms with Crippen molar-refractivity contribution in [2.24, 2.45) is 0 Å². The van der Waals surface area contributed by atoms with Gasteiger partial charge in [0.1, 0.15) is 12.3 Å². The molecule has 0 bridgehead atoms. The minimum atomic E-state index is -3.96. The molecule has 0 fully saturated rings. The molecule has 156 valence electrons. The molecule has 0 atom stereocenters. The van der Waals surface area contributed by atoms with Gasteiger partial charge in [0, 0.05) is 4.47 Å². The van der Waals surface area contributed by atoms with Crippen LogP contribution in [0.25, 0.3) is 0 Å². The zero-order valence-electron chi connectivity index (χ0n) is 16.3. The Morgan fingerprint density at radius 3 is 2.23 bits per heavy atom. The van der Waals surface area contributed by atoms with Crippen LogP contribution >= 0.6 is 15.9 Å². The Hall–Kier alpha value is -2.84. The number of rotatable bonds is 8. The third-order valence-corrected chi connectivity index (χ3v) is 6.68. The number of sulfonamides is 1. The Labute approximate surface area is 184 Å². The van der Waals surface area contributed by atoms with E-state index in [4.69, 9.17) is 4.74 Å². The molecule has 6 nitrogen and oxygen atoms in total. The lowest BCUT2D eigenvalue weighted by molar-refractivity contribution is -0.114. The molecule has 0 radical (unpaired) electrons. The summed E-state index contributed by atoms with van der Waals surface area (Å²) in [4.78, 5) is 12.8. The van der Waals surface area contributed by atoms with Crippen LogP contribution in [0.2, 0.25) is 0 Å². The van der Waals surface area contributed by atoms with Crippen molar-refractivity contribution in [2.45, 2.75) is 11.8 Å². The Balaban J connectivity index is 1.93. The van der Waals surface area contributed by atoms with E-state index in [2.05, 4.69) is 21.2 Å². The van der Waals surface area contributed by atoms with Crippen molar-refractivity contribution in [3.63, 3.8) is 0 Å². The number of hydrogen-bond acceptors (Lipinski definition) is 4. The molecule has 0 unspecified atom stereocenters. The van der Waals surface area contributed by atoms with Gasteiger partial charge in [-0.15, -0.1) is 0 Å². The lowest BCUT2D eigenvalue weighted by atomic mass is 10.3. The van der Waals surface area contributed by atoms with E-state index in [-0.39, 0.29) is 11.4 Å². The fourth-order valence-electron chi connectivity index (χ4n) is 2.79. The van der Waals surface area contributed by atoms with Gasteiger partial charge in [-0.2, -0.15) is 0 Å². The fraction of sp³-hybridized carbons (Fsp3) is 0.136. The van der Waals surface area contributed by atoms with Gasteiger partial charge in [-0.05, 0) is 71.4 Å². The molecule has 0 aliphatic rings. The van der Waals surface area contributed by atoms with Crippen LogP contribution in [0.5, 0.6) is 5.75 Å². The van der Waals surface area contributed by atoms with Crippen molar-refractivity contribution in [3.8, 4) is 5.75 Å². The molecule has 1 amide bonds. The third-order valence-electron chi connectivity index (χ3n) is 4.20. The number of ether oxygens (including phenoxy) is 1. The van der Waals surface area contributed by atoms with E-state index in [0.29, 0.717) is 28.2 Å². The predicted molar refractivity (Wildman–Crippen MR) is 121 cm³/mol. The van der Waals surface area contributed by atoms with Gasteiger partial charge >= 0.3 is 0 Å². The van der Waals surface area contributed by atoms with E-state index in [0.717, 1.165) is 4.31 Å². The Bertz CT molecular complexity index is 1100. The molecule has 3 aromatic carbocycles. The van der Waals surface area contributed by atoms with Gasteiger partial charge in [-0.25, -0.2) is 8.42 Å². The average Bonchev–Trinajstić information content (AvgIpc) is 2.75. The maximum absolute atomic E-state index is 13.3. The molecule has 0 aliphatic carbocycles. The molecular formula is C22H21BrN2O4S. The van der Waals surface area contributed by atoms with Gasteiger partial charge < -0.3 is 10.1 Å². The first-order valence-corrected chi connectivity index (χ1v) is 11.5. The van der Waals surface area contributed by atoms with E-state index < -0.39 is 15.9 Å². The van der Waals surface area contributed by atoms with Crippen LogP contribution in [0.1, 0.15) is 6.92 Å². The third kappa shape index (κ3) is 5.20. The van der Waals surface area contributed by atoms with Crippen LogP contribution in [-0.4, -0.2) is 27.5 Å². The summed E-state index contributed by atoms with van der Waals surface area (Å²) in [5, 5.41) is 2.75. The second-order valence-electron chi connectivity index (χ2n) is 6.28. The van der Waals surface area contributed by atoms with Gasteiger partial charge in [0.25, 0.3) is 10.0 Å². The van der Waals surface area contributed by atoms with Crippen molar-refractivity contribution < 1.29 is 17.9 Å². The lowest BCUT2D eigenvalue weighted by Crippen LogP contribution is -2.38. The van der Waals surface area contributed by atoms with Crippen molar-refractivity contribution >= 4 is 43.2 Å². The van der Waals surface area contributed by atoms with Crippen LogP contribution in [-0.2, 0) is 14.8 Å². The van der Waals surface area contributed by atoms with Crippen LogP contribution in [0.3, 0.4) is 0 Å².